The Hall–Kier alpha value is -7.50. The number of para-hydroxylation sites is 1. The summed E-state index contributed by atoms with van der Waals surface area (Å²) in [5, 5.41) is 2.07. The second-order valence-corrected chi connectivity index (χ2v) is 13.4. The second kappa shape index (κ2) is 13.8. The zero-order chi connectivity index (χ0) is 36.6. The summed E-state index contributed by atoms with van der Waals surface area (Å²) in [7, 11) is 0. The molecule has 3 heterocycles. The van der Waals surface area contributed by atoms with E-state index in [-0.39, 0.29) is 0 Å². The lowest BCUT2D eigenvalue weighted by Gasteiger charge is -2.10. The van der Waals surface area contributed by atoms with E-state index in [2.05, 4.69) is 115 Å². The van der Waals surface area contributed by atoms with Crippen molar-refractivity contribution >= 4 is 21.9 Å². The van der Waals surface area contributed by atoms with E-state index in [1.165, 1.54) is 0 Å². The number of pyridine rings is 1. The van der Waals surface area contributed by atoms with Crippen molar-refractivity contribution in [2.75, 3.05) is 0 Å². The van der Waals surface area contributed by atoms with Crippen LogP contribution in [-0.4, -0.2) is 19.9 Å². The van der Waals surface area contributed by atoms with Gasteiger partial charge in [-0.15, -0.1) is 0 Å². The monoisotopic (exact) mass is 704 g/mol. The quantitative estimate of drug-likeness (QED) is 0.165. The van der Waals surface area contributed by atoms with E-state index in [9.17, 15) is 0 Å². The van der Waals surface area contributed by atoms with Crippen LogP contribution in [0.5, 0.6) is 0 Å². The van der Waals surface area contributed by atoms with E-state index < -0.39 is 0 Å². The molecular formula is C50H32N4O. The maximum atomic E-state index is 6.92. The molecule has 3 aromatic heterocycles. The van der Waals surface area contributed by atoms with Crippen molar-refractivity contribution in [3.05, 3.63) is 194 Å². The molecule has 5 nitrogen and oxygen atoms in total. The highest BCUT2D eigenvalue weighted by Gasteiger charge is 2.24. The fourth-order valence-corrected chi connectivity index (χ4v) is 7.25. The molecule has 0 radical (unpaired) electrons. The number of furan rings is 1. The third-order valence-electron chi connectivity index (χ3n) is 9.96. The Kier molecular flexibility index (Phi) is 8.08. The molecule has 0 saturated heterocycles. The number of aromatic nitrogens is 4. The van der Waals surface area contributed by atoms with Crippen LogP contribution in [-0.2, 0) is 0 Å². The van der Waals surface area contributed by atoms with E-state index >= 15 is 0 Å². The Morgan fingerprint density at radius 3 is 1.27 bits per heavy atom. The number of hydrogen-bond acceptors (Lipinski definition) is 5. The summed E-state index contributed by atoms with van der Waals surface area (Å²) in [4.78, 5) is 20.2. The van der Waals surface area contributed by atoms with E-state index in [0.29, 0.717) is 17.5 Å². The molecule has 0 amide bonds. The number of fused-ring (bicyclic) bond motifs is 3. The molecule has 0 fully saturated rings. The predicted octanol–water partition coefficient (Wildman–Crippen LogP) is 12.8. The Morgan fingerprint density at radius 2 is 0.709 bits per heavy atom. The lowest BCUT2D eigenvalue weighted by Crippen LogP contribution is -2.00. The van der Waals surface area contributed by atoms with Gasteiger partial charge in [0, 0.05) is 44.2 Å². The van der Waals surface area contributed by atoms with Crippen LogP contribution in [0.3, 0.4) is 0 Å². The SMILES string of the molecule is c1ccc(-c2ccc(-c3nc(-c4ccccc4)nc(-c4ccc(-c5c(-c6ccccc6)oc6c(-c7ccccc7)nc7ccccc7c56)cc4)n3)cc2)cc1. The molecule has 55 heavy (non-hydrogen) atoms. The first-order valence-electron chi connectivity index (χ1n) is 18.3. The van der Waals surface area contributed by atoms with E-state index in [1.807, 2.05) is 78.9 Å². The molecule has 0 atom stereocenters. The van der Waals surface area contributed by atoms with Gasteiger partial charge in [0.05, 0.1) is 5.52 Å². The van der Waals surface area contributed by atoms with Gasteiger partial charge in [-0.1, -0.05) is 188 Å². The van der Waals surface area contributed by atoms with Gasteiger partial charge >= 0.3 is 0 Å². The fraction of sp³-hybridized carbons (Fsp3) is 0. The minimum Gasteiger partial charge on any atom is -0.453 e. The Bertz CT molecular complexity index is 2930. The summed E-state index contributed by atoms with van der Waals surface area (Å²) in [5.74, 6) is 2.64. The van der Waals surface area contributed by atoms with Crippen molar-refractivity contribution in [1.29, 1.82) is 0 Å². The van der Waals surface area contributed by atoms with Crippen LogP contribution in [0.1, 0.15) is 0 Å². The number of nitrogens with zero attached hydrogens (tertiary/aromatic N) is 4. The highest BCUT2D eigenvalue weighted by atomic mass is 16.3. The fourth-order valence-electron chi connectivity index (χ4n) is 7.25. The molecule has 0 saturated carbocycles. The zero-order valence-corrected chi connectivity index (χ0v) is 29.7. The van der Waals surface area contributed by atoms with Crippen LogP contribution in [0.2, 0.25) is 0 Å². The van der Waals surface area contributed by atoms with Gasteiger partial charge in [0.1, 0.15) is 11.5 Å². The molecule has 0 aliphatic heterocycles. The first-order valence-corrected chi connectivity index (χ1v) is 18.3. The molecule has 0 spiro atoms. The van der Waals surface area contributed by atoms with Gasteiger partial charge in [-0.3, -0.25) is 0 Å². The smallest absolute Gasteiger partial charge is 0.164 e. The van der Waals surface area contributed by atoms with Gasteiger partial charge in [-0.05, 0) is 22.8 Å². The van der Waals surface area contributed by atoms with Crippen molar-refractivity contribution in [2.45, 2.75) is 0 Å². The summed E-state index contributed by atoms with van der Waals surface area (Å²) in [6, 6.07) is 66.2. The van der Waals surface area contributed by atoms with Crippen molar-refractivity contribution in [1.82, 2.24) is 19.9 Å². The van der Waals surface area contributed by atoms with Gasteiger partial charge in [0.15, 0.2) is 23.1 Å². The van der Waals surface area contributed by atoms with Crippen LogP contribution in [0.15, 0.2) is 199 Å². The number of rotatable bonds is 7. The van der Waals surface area contributed by atoms with Crippen molar-refractivity contribution in [3.8, 4) is 79.0 Å². The van der Waals surface area contributed by atoms with Gasteiger partial charge in [-0.2, -0.15) is 0 Å². The standard InChI is InChI=1S/C50H32N4O/c1-5-15-33(16-6-1)34-25-29-39(30-26-34)49-52-48(38-21-11-4-12-22-38)53-50(54-49)40-31-27-35(28-32-40)43-44-41-23-13-14-24-42(41)51-45(36-17-7-2-8-18-36)47(44)55-46(43)37-19-9-3-10-20-37/h1-32H. The highest BCUT2D eigenvalue weighted by Crippen LogP contribution is 2.46. The lowest BCUT2D eigenvalue weighted by molar-refractivity contribution is 0.632. The van der Waals surface area contributed by atoms with Crippen LogP contribution in [0, 0.1) is 0 Å². The maximum absolute atomic E-state index is 6.92. The topological polar surface area (TPSA) is 64.7 Å². The second-order valence-electron chi connectivity index (χ2n) is 13.4. The first-order chi connectivity index (χ1) is 27.3. The maximum Gasteiger partial charge on any atom is 0.164 e. The van der Waals surface area contributed by atoms with Crippen molar-refractivity contribution in [3.63, 3.8) is 0 Å². The van der Waals surface area contributed by atoms with Gasteiger partial charge in [0.25, 0.3) is 0 Å². The largest absolute Gasteiger partial charge is 0.453 e. The summed E-state index contributed by atoms with van der Waals surface area (Å²) in [6.45, 7) is 0. The minimum absolute atomic E-state index is 0.601. The molecule has 10 rings (SSSR count). The average molecular weight is 705 g/mol. The van der Waals surface area contributed by atoms with Crippen LogP contribution >= 0.6 is 0 Å². The van der Waals surface area contributed by atoms with Crippen LogP contribution in [0.25, 0.3) is 101 Å². The predicted molar refractivity (Wildman–Crippen MR) is 223 cm³/mol. The number of benzene rings is 7. The molecule has 7 aromatic carbocycles. The lowest BCUT2D eigenvalue weighted by atomic mass is 9.95. The van der Waals surface area contributed by atoms with Crippen molar-refractivity contribution in [2.24, 2.45) is 0 Å². The molecule has 0 unspecified atom stereocenters. The molecule has 10 aromatic rings. The normalized spacial score (nSPS) is 11.3. The zero-order valence-electron chi connectivity index (χ0n) is 29.7. The number of hydrogen-bond donors (Lipinski definition) is 0. The highest BCUT2D eigenvalue weighted by molar-refractivity contribution is 6.18. The first kappa shape index (κ1) is 32.2. The Balaban J connectivity index is 1.13. The third-order valence-corrected chi connectivity index (χ3v) is 9.96. The van der Waals surface area contributed by atoms with Gasteiger partial charge in [-0.25, -0.2) is 19.9 Å². The summed E-state index contributed by atoms with van der Waals surface area (Å²) in [5.41, 5.74) is 11.6. The molecule has 0 bridgehead atoms. The Labute approximate surface area is 318 Å². The summed E-state index contributed by atoms with van der Waals surface area (Å²) < 4.78 is 6.92. The Morgan fingerprint density at radius 1 is 0.309 bits per heavy atom. The van der Waals surface area contributed by atoms with Crippen LogP contribution < -0.4 is 0 Å². The van der Waals surface area contributed by atoms with Gasteiger partial charge in [0.2, 0.25) is 0 Å². The summed E-state index contributed by atoms with van der Waals surface area (Å²) >= 11 is 0. The summed E-state index contributed by atoms with van der Waals surface area (Å²) in [6.07, 6.45) is 0. The van der Waals surface area contributed by atoms with Crippen LogP contribution in [0.4, 0.5) is 0 Å². The average Bonchev–Trinajstić information content (AvgIpc) is 3.68. The van der Waals surface area contributed by atoms with Crippen molar-refractivity contribution < 1.29 is 4.42 Å². The van der Waals surface area contributed by atoms with E-state index in [4.69, 9.17) is 24.4 Å². The van der Waals surface area contributed by atoms with E-state index in [0.717, 1.165) is 83.4 Å². The molecular weight excluding hydrogens is 673 g/mol. The molecule has 258 valence electrons. The van der Waals surface area contributed by atoms with Gasteiger partial charge < -0.3 is 4.42 Å². The molecule has 0 aliphatic rings. The minimum atomic E-state index is 0.601. The molecule has 5 heteroatoms. The third kappa shape index (κ3) is 6.04. The van der Waals surface area contributed by atoms with E-state index in [1.54, 1.807) is 0 Å². The molecule has 0 aliphatic carbocycles. The molecule has 0 N–H and O–H groups in total.